The highest BCUT2D eigenvalue weighted by Crippen LogP contribution is 2.21. The molecule has 0 saturated carbocycles. The molecule has 184 valence electrons. The van der Waals surface area contributed by atoms with Crippen LogP contribution >= 0.6 is 22.9 Å². The molecule has 0 spiro atoms. The van der Waals surface area contributed by atoms with Crippen LogP contribution in [0.25, 0.3) is 5.69 Å². The minimum atomic E-state index is -0.959. The first-order valence-electron chi connectivity index (χ1n) is 10.4. The molecule has 1 aliphatic heterocycles. The Morgan fingerprint density at radius 2 is 1.97 bits per heavy atom. The van der Waals surface area contributed by atoms with Gasteiger partial charge in [-0.3, -0.25) is 28.6 Å². The number of amides is 2. The van der Waals surface area contributed by atoms with Gasteiger partial charge >= 0.3 is 5.97 Å². The molecule has 2 aromatic heterocycles. The zero-order valence-corrected chi connectivity index (χ0v) is 19.9. The lowest BCUT2D eigenvalue weighted by molar-refractivity contribution is -0.142. The van der Waals surface area contributed by atoms with Crippen molar-refractivity contribution in [2.75, 3.05) is 18.4 Å². The Labute approximate surface area is 208 Å². The van der Waals surface area contributed by atoms with Gasteiger partial charge in [-0.1, -0.05) is 17.7 Å². The number of carbonyl (C=O) groups excluding carboxylic acids is 2. The topological polar surface area (TPSA) is 135 Å². The van der Waals surface area contributed by atoms with E-state index < -0.39 is 29.6 Å². The molecular formula is C23H22ClFN4O5S. The number of carbonyl (C=O) groups is 3. The van der Waals surface area contributed by atoms with Crippen LogP contribution in [0.15, 0.2) is 59.5 Å². The number of carboxylic acids is 1. The highest BCUT2D eigenvalue weighted by atomic mass is 35.5. The van der Waals surface area contributed by atoms with Crippen LogP contribution in [0.3, 0.4) is 0 Å². The van der Waals surface area contributed by atoms with Gasteiger partial charge in [0.2, 0.25) is 5.91 Å². The molecule has 1 unspecified atom stereocenters. The number of anilines is 1. The van der Waals surface area contributed by atoms with Crippen LogP contribution in [0, 0.1) is 5.82 Å². The lowest BCUT2D eigenvalue weighted by atomic mass is 10.2. The van der Waals surface area contributed by atoms with Crippen molar-refractivity contribution in [2.45, 2.75) is 18.9 Å². The van der Waals surface area contributed by atoms with Crippen molar-refractivity contribution < 1.29 is 23.9 Å². The summed E-state index contributed by atoms with van der Waals surface area (Å²) in [4.78, 5) is 47.5. The molecule has 35 heavy (non-hydrogen) atoms. The third-order valence-corrected chi connectivity index (χ3v) is 6.38. The molecule has 1 saturated heterocycles. The highest BCUT2D eigenvalue weighted by molar-refractivity contribution is 7.17. The molecule has 9 nitrogen and oxygen atoms in total. The number of nitrogens with two attached hydrogens (primary N) is 1. The smallest absolute Gasteiger partial charge is 0.320 e. The Kier molecular flexibility index (Phi) is 8.74. The van der Waals surface area contributed by atoms with Crippen molar-refractivity contribution in [1.82, 2.24) is 9.47 Å². The van der Waals surface area contributed by atoms with Gasteiger partial charge in [-0.15, -0.1) is 11.3 Å². The lowest BCUT2D eigenvalue weighted by Gasteiger charge is -2.20. The quantitative estimate of drug-likeness (QED) is 0.457. The monoisotopic (exact) mass is 520 g/mol. The van der Waals surface area contributed by atoms with Gasteiger partial charge < -0.3 is 16.2 Å². The molecule has 0 aliphatic carbocycles. The molecule has 3 aromatic rings. The second kappa shape index (κ2) is 11.7. The van der Waals surface area contributed by atoms with E-state index in [9.17, 15) is 23.6 Å². The SMILES string of the molecule is NC(=O)c1ccc(Cl)s1.O=C(CN1CCCC1C(=O)O)Nc1ccc(-n2ccccc2=O)cc1F. The van der Waals surface area contributed by atoms with E-state index in [0.29, 0.717) is 34.3 Å². The zero-order chi connectivity index (χ0) is 25.5. The molecule has 1 aliphatic rings. The van der Waals surface area contributed by atoms with Crippen LogP contribution in [-0.4, -0.2) is 51.5 Å². The molecule has 0 radical (unpaired) electrons. The number of pyridine rings is 1. The largest absolute Gasteiger partial charge is 0.480 e. The van der Waals surface area contributed by atoms with Crippen LogP contribution in [0.1, 0.15) is 22.5 Å². The number of likely N-dealkylation sites (tertiary alicyclic amines) is 1. The predicted octanol–water partition coefficient (Wildman–Crippen LogP) is 2.96. The Bertz CT molecular complexity index is 1290. The van der Waals surface area contributed by atoms with E-state index in [1.807, 2.05) is 0 Å². The molecule has 1 fully saturated rings. The Morgan fingerprint density at radius 1 is 1.20 bits per heavy atom. The molecule has 4 rings (SSSR count). The molecule has 3 heterocycles. The van der Waals surface area contributed by atoms with Gasteiger partial charge in [0.25, 0.3) is 11.5 Å². The van der Waals surface area contributed by atoms with E-state index in [1.165, 1.54) is 40.3 Å². The fraction of sp³-hybridized carbons (Fsp3) is 0.217. The number of nitrogens with zero attached hydrogens (tertiary/aromatic N) is 2. The summed E-state index contributed by atoms with van der Waals surface area (Å²) in [6, 6.07) is 11.2. The van der Waals surface area contributed by atoms with Gasteiger partial charge in [0.05, 0.1) is 27.1 Å². The summed E-state index contributed by atoms with van der Waals surface area (Å²) in [5.41, 5.74) is 4.97. The van der Waals surface area contributed by atoms with Gasteiger partial charge in [-0.05, 0) is 49.7 Å². The molecule has 12 heteroatoms. The summed E-state index contributed by atoms with van der Waals surface area (Å²) in [6.07, 6.45) is 2.73. The number of hydrogen-bond donors (Lipinski definition) is 3. The second-order valence-corrected chi connectivity index (χ2v) is 9.27. The van der Waals surface area contributed by atoms with Crippen LogP contribution in [0.5, 0.6) is 0 Å². The van der Waals surface area contributed by atoms with Crippen molar-refractivity contribution in [3.8, 4) is 5.69 Å². The maximum atomic E-state index is 14.3. The summed E-state index contributed by atoms with van der Waals surface area (Å²) < 4.78 is 16.2. The standard InChI is InChI=1S/C18H18FN3O4.C5H4ClNOS/c19-13-10-12(22-9-2-1-5-17(22)24)6-7-14(13)20-16(23)11-21-8-3-4-15(21)18(25)26;6-4-2-1-3(9-4)5(7)8/h1-2,5-7,9-10,15H,3-4,8,11H2,(H,20,23)(H,25,26);1-2H,(H2,7,8). The fourth-order valence-electron chi connectivity index (χ4n) is 3.51. The van der Waals surface area contributed by atoms with Gasteiger partial charge in [0.15, 0.2) is 0 Å². The average molecular weight is 521 g/mol. The first-order valence-corrected chi connectivity index (χ1v) is 11.6. The maximum absolute atomic E-state index is 14.3. The van der Waals surface area contributed by atoms with Gasteiger partial charge in [-0.25, -0.2) is 4.39 Å². The van der Waals surface area contributed by atoms with Crippen molar-refractivity contribution in [1.29, 1.82) is 0 Å². The first kappa shape index (κ1) is 26.1. The van der Waals surface area contributed by atoms with Crippen LogP contribution < -0.4 is 16.6 Å². The highest BCUT2D eigenvalue weighted by Gasteiger charge is 2.31. The van der Waals surface area contributed by atoms with Crippen molar-refractivity contribution in [2.24, 2.45) is 5.73 Å². The fourth-order valence-corrected chi connectivity index (χ4v) is 4.41. The Morgan fingerprint density at radius 3 is 2.54 bits per heavy atom. The van der Waals surface area contributed by atoms with E-state index in [2.05, 4.69) is 5.32 Å². The predicted molar refractivity (Wildman–Crippen MR) is 131 cm³/mol. The molecular weight excluding hydrogens is 499 g/mol. The minimum Gasteiger partial charge on any atom is -0.480 e. The van der Waals surface area contributed by atoms with E-state index in [0.717, 1.165) is 6.07 Å². The number of halogens is 2. The van der Waals surface area contributed by atoms with Crippen LogP contribution in [0.2, 0.25) is 4.34 Å². The van der Waals surface area contributed by atoms with Crippen molar-refractivity contribution >= 4 is 46.4 Å². The number of aromatic nitrogens is 1. The van der Waals surface area contributed by atoms with Gasteiger partial charge in [0, 0.05) is 18.3 Å². The first-order chi connectivity index (χ1) is 16.7. The van der Waals surface area contributed by atoms with Crippen molar-refractivity contribution in [3.63, 3.8) is 0 Å². The Hall–Kier alpha value is -3.54. The van der Waals surface area contributed by atoms with Gasteiger partial charge in [0.1, 0.15) is 11.9 Å². The number of carboxylic acid groups (broad SMARTS) is 1. The van der Waals surface area contributed by atoms with Gasteiger partial charge in [-0.2, -0.15) is 0 Å². The molecule has 1 aromatic carbocycles. The number of hydrogen-bond acceptors (Lipinski definition) is 6. The Balaban J connectivity index is 0.000000320. The number of benzene rings is 1. The molecule has 4 N–H and O–H groups in total. The second-order valence-electron chi connectivity index (χ2n) is 7.56. The number of rotatable bonds is 6. The normalized spacial score (nSPS) is 15.2. The number of aliphatic carboxylic acids is 1. The summed E-state index contributed by atoms with van der Waals surface area (Å²) >= 11 is 6.70. The minimum absolute atomic E-state index is 0.0196. The molecule has 1 atom stereocenters. The summed E-state index contributed by atoms with van der Waals surface area (Å²) in [5, 5.41) is 11.6. The van der Waals surface area contributed by atoms with E-state index >= 15 is 0 Å². The van der Waals surface area contributed by atoms with Crippen LogP contribution in [0.4, 0.5) is 10.1 Å². The average Bonchev–Trinajstić information content (AvgIpc) is 3.45. The maximum Gasteiger partial charge on any atom is 0.320 e. The van der Waals surface area contributed by atoms with E-state index in [4.69, 9.17) is 22.4 Å². The molecule has 0 bridgehead atoms. The van der Waals surface area contributed by atoms with E-state index in [-0.39, 0.29) is 17.8 Å². The number of primary amides is 1. The third kappa shape index (κ3) is 6.98. The summed E-state index contributed by atoms with van der Waals surface area (Å²) in [7, 11) is 0. The number of thiophene rings is 1. The lowest BCUT2D eigenvalue weighted by Crippen LogP contribution is -2.41. The van der Waals surface area contributed by atoms with E-state index in [1.54, 1.807) is 29.2 Å². The van der Waals surface area contributed by atoms with Crippen LogP contribution in [-0.2, 0) is 9.59 Å². The summed E-state index contributed by atoms with van der Waals surface area (Å²) in [5.74, 6) is -2.55. The number of nitrogens with one attached hydrogen (secondary N) is 1. The molecule has 2 amide bonds. The zero-order valence-electron chi connectivity index (χ0n) is 18.3. The summed E-state index contributed by atoms with van der Waals surface area (Å²) in [6.45, 7) is 0.402. The van der Waals surface area contributed by atoms with Crippen molar-refractivity contribution in [3.05, 3.63) is 80.1 Å². The third-order valence-electron chi connectivity index (χ3n) is 5.14.